The first-order valence-corrected chi connectivity index (χ1v) is 9.56. The summed E-state index contributed by atoms with van der Waals surface area (Å²) in [5.41, 5.74) is 8.65. The molecule has 0 saturated heterocycles. The molecule has 3 aromatic carbocycles. The van der Waals surface area contributed by atoms with Crippen LogP contribution < -0.4 is 20.5 Å². The van der Waals surface area contributed by atoms with Gasteiger partial charge >= 0.3 is 0 Å². The Kier molecular flexibility index (Phi) is 6.45. The lowest BCUT2D eigenvalue weighted by Gasteiger charge is -2.11. The van der Waals surface area contributed by atoms with Crippen molar-refractivity contribution in [3.63, 3.8) is 0 Å². The smallest absolute Gasteiger partial charge is 0.221 e. The highest BCUT2D eigenvalue weighted by Gasteiger charge is 2.06. The maximum absolute atomic E-state index is 11.1. The third kappa shape index (κ3) is 5.44. The van der Waals surface area contributed by atoms with E-state index in [2.05, 4.69) is 5.32 Å². The quantitative estimate of drug-likeness (QED) is 0.554. The number of anilines is 2. The molecule has 0 aromatic heterocycles. The van der Waals surface area contributed by atoms with E-state index < -0.39 is 0 Å². The van der Waals surface area contributed by atoms with E-state index in [0.29, 0.717) is 18.0 Å². The van der Waals surface area contributed by atoms with Crippen molar-refractivity contribution in [2.24, 2.45) is 0 Å². The Morgan fingerprint density at radius 3 is 2.50 bits per heavy atom. The number of nitrogen functional groups attached to an aromatic ring is 1. The summed E-state index contributed by atoms with van der Waals surface area (Å²) in [5, 5.41) is 2.75. The summed E-state index contributed by atoms with van der Waals surface area (Å²) in [6, 6.07) is 21.1. The number of nitrogens with two attached hydrogens (primary N) is 1. The normalized spacial score (nSPS) is 10.4. The van der Waals surface area contributed by atoms with E-state index in [1.807, 2.05) is 66.7 Å². The van der Waals surface area contributed by atoms with Gasteiger partial charge in [-0.15, -0.1) is 0 Å². The highest BCUT2D eigenvalue weighted by atomic mass is 32.2. The van der Waals surface area contributed by atoms with Crippen molar-refractivity contribution in [3.05, 3.63) is 72.3 Å². The molecule has 0 aliphatic rings. The number of benzene rings is 3. The second kappa shape index (κ2) is 9.19. The molecule has 0 aliphatic heterocycles. The molecule has 0 aliphatic carbocycles. The number of amides is 1. The molecule has 0 saturated carbocycles. The Labute approximate surface area is 168 Å². The Hall–Kier alpha value is -3.12. The van der Waals surface area contributed by atoms with Crippen LogP contribution in [0.25, 0.3) is 0 Å². The summed E-state index contributed by atoms with van der Waals surface area (Å²) >= 11 is 1.56. The van der Waals surface area contributed by atoms with Crippen LogP contribution in [0.4, 0.5) is 11.4 Å². The van der Waals surface area contributed by atoms with E-state index in [4.69, 9.17) is 15.2 Å². The number of carbonyl (C=O) groups excluding carboxylic acids is 1. The van der Waals surface area contributed by atoms with Gasteiger partial charge in [-0.25, -0.2) is 0 Å². The summed E-state index contributed by atoms with van der Waals surface area (Å²) in [5.74, 6) is 1.43. The average Bonchev–Trinajstić information content (AvgIpc) is 2.69. The predicted molar refractivity (Wildman–Crippen MR) is 113 cm³/mol. The van der Waals surface area contributed by atoms with Gasteiger partial charge in [-0.05, 0) is 54.1 Å². The molecule has 0 bridgehead atoms. The fourth-order valence-corrected chi connectivity index (χ4v) is 3.41. The third-order valence-electron chi connectivity index (χ3n) is 3.92. The molecule has 5 nitrogen and oxygen atoms in total. The maximum Gasteiger partial charge on any atom is 0.221 e. The van der Waals surface area contributed by atoms with E-state index in [9.17, 15) is 4.79 Å². The van der Waals surface area contributed by atoms with Gasteiger partial charge in [0.05, 0.1) is 7.11 Å². The first kappa shape index (κ1) is 19.6. The zero-order valence-corrected chi connectivity index (χ0v) is 16.6. The number of carbonyl (C=O) groups is 1. The molecular weight excluding hydrogens is 372 g/mol. The molecule has 0 spiro atoms. The van der Waals surface area contributed by atoms with Crippen LogP contribution >= 0.6 is 11.8 Å². The van der Waals surface area contributed by atoms with Gasteiger partial charge in [0, 0.05) is 34.2 Å². The van der Waals surface area contributed by atoms with Gasteiger partial charge in [-0.3, -0.25) is 4.79 Å². The lowest BCUT2D eigenvalue weighted by Crippen LogP contribution is -2.05. The van der Waals surface area contributed by atoms with Gasteiger partial charge in [0.1, 0.15) is 18.1 Å². The van der Waals surface area contributed by atoms with Gasteiger partial charge < -0.3 is 20.5 Å². The van der Waals surface area contributed by atoms with E-state index >= 15 is 0 Å². The van der Waals surface area contributed by atoms with Crippen LogP contribution in [0.2, 0.25) is 0 Å². The van der Waals surface area contributed by atoms with Crippen molar-refractivity contribution in [2.75, 3.05) is 18.2 Å². The van der Waals surface area contributed by atoms with E-state index in [-0.39, 0.29) is 5.91 Å². The zero-order chi connectivity index (χ0) is 19.9. The monoisotopic (exact) mass is 394 g/mol. The first-order valence-electron chi connectivity index (χ1n) is 8.74. The van der Waals surface area contributed by atoms with Gasteiger partial charge in [-0.1, -0.05) is 23.9 Å². The zero-order valence-electron chi connectivity index (χ0n) is 15.8. The SMILES string of the molecule is COc1cccc(COc2ccc(Sc3ccc(NC(C)=O)cc3)c(N)c2)c1. The largest absolute Gasteiger partial charge is 0.497 e. The van der Waals surface area contributed by atoms with Crippen LogP contribution in [0, 0.1) is 0 Å². The molecule has 0 heterocycles. The first-order chi connectivity index (χ1) is 13.5. The fraction of sp³-hybridized carbons (Fsp3) is 0.136. The van der Waals surface area contributed by atoms with Crippen molar-refractivity contribution in [1.82, 2.24) is 0 Å². The van der Waals surface area contributed by atoms with Crippen molar-refractivity contribution >= 4 is 29.0 Å². The van der Waals surface area contributed by atoms with Crippen molar-refractivity contribution in [1.29, 1.82) is 0 Å². The summed E-state index contributed by atoms with van der Waals surface area (Å²) in [7, 11) is 1.64. The summed E-state index contributed by atoms with van der Waals surface area (Å²) in [6.07, 6.45) is 0. The summed E-state index contributed by atoms with van der Waals surface area (Å²) < 4.78 is 11.1. The second-order valence-corrected chi connectivity index (χ2v) is 7.26. The number of hydrogen-bond donors (Lipinski definition) is 2. The molecule has 0 radical (unpaired) electrons. The molecule has 3 N–H and O–H groups in total. The molecule has 0 atom stereocenters. The molecule has 0 fully saturated rings. The summed E-state index contributed by atoms with van der Waals surface area (Å²) in [4.78, 5) is 13.1. The molecule has 6 heteroatoms. The van der Waals surface area contributed by atoms with E-state index in [0.717, 1.165) is 26.8 Å². The van der Waals surface area contributed by atoms with Crippen LogP contribution in [-0.4, -0.2) is 13.0 Å². The average molecular weight is 394 g/mol. The van der Waals surface area contributed by atoms with Crippen LogP contribution in [-0.2, 0) is 11.4 Å². The minimum Gasteiger partial charge on any atom is -0.497 e. The van der Waals surface area contributed by atoms with Crippen molar-refractivity contribution in [2.45, 2.75) is 23.3 Å². The number of rotatable bonds is 7. The molecular formula is C22H22N2O3S. The topological polar surface area (TPSA) is 73.6 Å². The number of nitrogens with one attached hydrogen (secondary N) is 1. The fourth-order valence-electron chi connectivity index (χ4n) is 2.57. The molecule has 3 rings (SSSR count). The standard InChI is InChI=1S/C22H22N2O3S/c1-15(25)24-17-6-9-20(10-7-17)28-22-11-8-19(13-21(22)23)27-14-16-4-3-5-18(12-16)26-2/h3-13H,14,23H2,1-2H3,(H,24,25). The maximum atomic E-state index is 11.1. The highest BCUT2D eigenvalue weighted by molar-refractivity contribution is 7.99. The van der Waals surface area contributed by atoms with E-state index in [1.165, 1.54) is 6.92 Å². The van der Waals surface area contributed by atoms with Crippen LogP contribution in [0.1, 0.15) is 12.5 Å². The van der Waals surface area contributed by atoms with E-state index in [1.54, 1.807) is 18.9 Å². The Bertz CT molecular complexity index is 958. The Balaban J connectivity index is 1.62. The minimum absolute atomic E-state index is 0.0887. The van der Waals surface area contributed by atoms with Gasteiger partial charge in [0.2, 0.25) is 5.91 Å². The molecule has 144 valence electrons. The number of methoxy groups -OCH3 is 1. The predicted octanol–water partition coefficient (Wildman–Crippen LogP) is 4.97. The van der Waals surface area contributed by atoms with Crippen molar-refractivity contribution in [3.8, 4) is 11.5 Å². The van der Waals surface area contributed by atoms with Crippen LogP contribution in [0.15, 0.2) is 76.5 Å². The lowest BCUT2D eigenvalue weighted by molar-refractivity contribution is -0.114. The second-order valence-electron chi connectivity index (χ2n) is 6.15. The highest BCUT2D eigenvalue weighted by Crippen LogP contribution is 2.34. The molecule has 1 amide bonds. The number of hydrogen-bond acceptors (Lipinski definition) is 5. The minimum atomic E-state index is -0.0887. The van der Waals surface area contributed by atoms with Crippen molar-refractivity contribution < 1.29 is 14.3 Å². The van der Waals surface area contributed by atoms with Crippen LogP contribution in [0.5, 0.6) is 11.5 Å². The Morgan fingerprint density at radius 1 is 1.04 bits per heavy atom. The van der Waals surface area contributed by atoms with Gasteiger partial charge in [0.25, 0.3) is 0 Å². The molecule has 0 unspecified atom stereocenters. The Morgan fingerprint density at radius 2 is 1.82 bits per heavy atom. The van der Waals surface area contributed by atoms with Crippen LogP contribution in [0.3, 0.4) is 0 Å². The number of ether oxygens (including phenoxy) is 2. The molecule has 28 heavy (non-hydrogen) atoms. The summed E-state index contributed by atoms with van der Waals surface area (Å²) in [6.45, 7) is 1.93. The van der Waals surface area contributed by atoms with Gasteiger partial charge in [-0.2, -0.15) is 0 Å². The lowest BCUT2D eigenvalue weighted by atomic mass is 10.2. The van der Waals surface area contributed by atoms with Gasteiger partial charge in [0.15, 0.2) is 0 Å². The molecule has 3 aromatic rings. The third-order valence-corrected chi connectivity index (χ3v) is 5.02.